The monoisotopic (exact) mass is 294 g/mol. The van der Waals surface area contributed by atoms with Gasteiger partial charge in [-0.3, -0.25) is 0 Å². The van der Waals surface area contributed by atoms with Crippen LogP contribution < -0.4 is 5.73 Å². The fraction of sp³-hybridized carbons (Fsp3) is 0.824. The van der Waals surface area contributed by atoms with E-state index in [2.05, 4.69) is 34.6 Å². The van der Waals surface area contributed by atoms with E-state index >= 15 is 0 Å². The van der Waals surface area contributed by atoms with Crippen molar-refractivity contribution in [2.75, 3.05) is 0 Å². The van der Waals surface area contributed by atoms with E-state index in [0.29, 0.717) is 12.5 Å². The Morgan fingerprint density at radius 1 is 1.20 bits per heavy atom. The fourth-order valence-electron chi connectivity index (χ4n) is 3.30. The summed E-state index contributed by atoms with van der Waals surface area (Å²) in [5.74, 6) is 2.43. The van der Waals surface area contributed by atoms with Gasteiger partial charge in [0.25, 0.3) is 0 Å². The molecule has 0 aliphatic heterocycles. The summed E-state index contributed by atoms with van der Waals surface area (Å²) >= 11 is 1.87. The van der Waals surface area contributed by atoms with Crippen molar-refractivity contribution in [3.8, 4) is 0 Å². The van der Waals surface area contributed by atoms with Crippen LogP contribution in [0.4, 0.5) is 0 Å². The second-order valence-electron chi connectivity index (χ2n) is 7.63. The van der Waals surface area contributed by atoms with E-state index < -0.39 is 0 Å². The van der Waals surface area contributed by atoms with Crippen LogP contribution in [0, 0.1) is 11.8 Å². The van der Waals surface area contributed by atoms with E-state index in [-0.39, 0.29) is 5.41 Å². The molecule has 2 nitrogen and oxygen atoms in total. The highest BCUT2D eigenvalue weighted by atomic mass is 32.1. The first-order valence-corrected chi connectivity index (χ1v) is 8.84. The zero-order valence-electron chi connectivity index (χ0n) is 13.7. The maximum atomic E-state index is 5.92. The van der Waals surface area contributed by atoms with E-state index in [4.69, 9.17) is 10.7 Å². The van der Waals surface area contributed by atoms with E-state index in [1.807, 2.05) is 11.3 Å². The highest BCUT2D eigenvalue weighted by molar-refractivity contribution is 7.11. The second kappa shape index (κ2) is 6.15. The molecule has 1 aliphatic carbocycles. The van der Waals surface area contributed by atoms with Crippen LogP contribution >= 0.6 is 11.3 Å². The predicted molar refractivity (Wildman–Crippen MR) is 88.2 cm³/mol. The Kier molecular flexibility index (Phi) is 4.91. The maximum absolute atomic E-state index is 5.92. The van der Waals surface area contributed by atoms with Gasteiger partial charge in [0, 0.05) is 22.8 Å². The van der Waals surface area contributed by atoms with Crippen molar-refractivity contribution in [1.82, 2.24) is 4.98 Å². The van der Waals surface area contributed by atoms with Crippen molar-refractivity contribution >= 4 is 11.3 Å². The largest absolute Gasteiger partial charge is 0.326 e. The van der Waals surface area contributed by atoms with Crippen molar-refractivity contribution in [3.63, 3.8) is 0 Å². The molecule has 0 unspecified atom stereocenters. The van der Waals surface area contributed by atoms with Gasteiger partial charge in [0.05, 0.1) is 10.7 Å². The second-order valence-corrected chi connectivity index (χ2v) is 8.75. The zero-order chi connectivity index (χ0) is 14.9. The van der Waals surface area contributed by atoms with Gasteiger partial charge in [0.1, 0.15) is 0 Å². The molecule has 0 spiro atoms. The van der Waals surface area contributed by atoms with Gasteiger partial charge in [-0.25, -0.2) is 4.98 Å². The third kappa shape index (κ3) is 3.43. The van der Waals surface area contributed by atoms with E-state index in [1.165, 1.54) is 41.3 Å². The van der Waals surface area contributed by atoms with E-state index in [1.54, 1.807) is 0 Å². The number of aromatic nitrogens is 1. The van der Waals surface area contributed by atoms with Gasteiger partial charge in [0.15, 0.2) is 0 Å². The molecule has 1 heterocycles. The van der Waals surface area contributed by atoms with Crippen LogP contribution in [-0.2, 0) is 12.0 Å². The van der Waals surface area contributed by atoms with Crippen LogP contribution in [0.1, 0.15) is 81.8 Å². The minimum Gasteiger partial charge on any atom is -0.326 e. The Morgan fingerprint density at radius 2 is 1.80 bits per heavy atom. The Balaban J connectivity index is 2.13. The minimum absolute atomic E-state index is 0.110. The summed E-state index contributed by atoms with van der Waals surface area (Å²) in [4.78, 5) is 6.27. The molecular formula is C17H30N2S. The summed E-state index contributed by atoms with van der Waals surface area (Å²) in [6.45, 7) is 12.1. The lowest BCUT2D eigenvalue weighted by Crippen LogP contribution is -2.18. The van der Waals surface area contributed by atoms with Gasteiger partial charge < -0.3 is 5.73 Å². The molecule has 3 heteroatoms. The van der Waals surface area contributed by atoms with E-state index in [0.717, 1.165) is 11.8 Å². The first-order valence-electron chi connectivity index (χ1n) is 8.03. The third-order valence-corrected chi connectivity index (χ3v) is 5.91. The first kappa shape index (κ1) is 16.0. The average Bonchev–Trinajstić information content (AvgIpc) is 2.83. The minimum atomic E-state index is 0.110. The molecule has 114 valence electrons. The molecule has 0 radical (unpaired) electrons. The molecule has 1 aromatic rings. The number of rotatable bonds is 3. The Labute approximate surface area is 128 Å². The predicted octanol–water partition coefficient (Wildman–Crippen LogP) is 4.83. The smallest absolute Gasteiger partial charge is 0.0962 e. The average molecular weight is 295 g/mol. The SMILES string of the molecule is CC(C)C1CCC(c2nc(C(C)(C)C)c(CN)s2)CC1. The van der Waals surface area contributed by atoms with Crippen molar-refractivity contribution in [1.29, 1.82) is 0 Å². The van der Waals surface area contributed by atoms with E-state index in [9.17, 15) is 0 Å². The third-order valence-electron chi connectivity index (χ3n) is 4.67. The summed E-state index contributed by atoms with van der Waals surface area (Å²) in [6.07, 6.45) is 5.35. The maximum Gasteiger partial charge on any atom is 0.0962 e. The number of nitrogens with zero attached hydrogens (tertiary/aromatic N) is 1. The summed E-state index contributed by atoms with van der Waals surface area (Å²) in [6, 6.07) is 0. The van der Waals surface area contributed by atoms with Gasteiger partial charge in [-0.05, 0) is 37.5 Å². The molecule has 2 N–H and O–H groups in total. The molecular weight excluding hydrogens is 264 g/mol. The lowest BCUT2D eigenvalue weighted by molar-refractivity contribution is 0.258. The molecule has 0 bridgehead atoms. The molecule has 1 aliphatic rings. The Hall–Kier alpha value is -0.410. The molecule has 0 aromatic carbocycles. The van der Waals surface area contributed by atoms with Crippen LogP contribution in [0.3, 0.4) is 0 Å². The highest BCUT2D eigenvalue weighted by Gasteiger charge is 2.29. The molecule has 1 saturated carbocycles. The van der Waals surface area contributed by atoms with Crippen molar-refractivity contribution in [3.05, 3.63) is 15.6 Å². The molecule has 2 rings (SSSR count). The Bertz CT molecular complexity index is 434. The summed E-state index contributed by atoms with van der Waals surface area (Å²) in [5, 5.41) is 1.34. The number of hydrogen-bond acceptors (Lipinski definition) is 3. The van der Waals surface area contributed by atoms with Crippen LogP contribution in [0.25, 0.3) is 0 Å². The topological polar surface area (TPSA) is 38.9 Å². The standard InChI is InChI=1S/C17H30N2S/c1-11(2)12-6-8-13(9-7-12)16-19-15(17(3,4)5)14(10-18)20-16/h11-13H,6-10,18H2,1-5H3. The summed E-state index contributed by atoms with van der Waals surface area (Å²) in [7, 11) is 0. The quantitative estimate of drug-likeness (QED) is 0.867. The lowest BCUT2D eigenvalue weighted by Gasteiger charge is -2.29. The van der Waals surface area contributed by atoms with Crippen LogP contribution in [0.2, 0.25) is 0 Å². The van der Waals surface area contributed by atoms with Gasteiger partial charge in [-0.2, -0.15) is 0 Å². The van der Waals surface area contributed by atoms with Crippen molar-refractivity contribution in [2.45, 2.75) is 78.2 Å². The molecule has 20 heavy (non-hydrogen) atoms. The van der Waals surface area contributed by atoms with Gasteiger partial charge in [0.2, 0.25) is 0 Å². The lowest BCUT2D eigenvalue weighted by atomic mass is 9.77. The molecule has 1 aromatic heterocycles. The number of hydrogen-bond donors (Lipinski definition) is 1. The van der Waals surface area contributed by atoms with Gasteiger partial charge in [-0.15, -0.1) is 11.3 Å². The summed E-state index contributed by atoms with van der Waals surface area (Å²) in [5.41, 5.74) is 7.26. The highest BCUT2D eigenvalue weighted by Crippen LogP contribution is 2.41. The van der Waals surface area contributed by atoms with Crippen LogP contribution in [-0.4, -0.2) is 4.98 Å². The molecule has 0 saturated heterocycles. The van der Waals surface area contributed by atoms with Crippen LogP contribution in [0.15, 0.2) is 0 Å². The Morgan fingerprint density at radius 3 is 2.20 bits per heavy atom. The van der Waals surface area contributed by atoms with Crippen LogP contribution in [0.5, 0.6) is 0 Å². The van der Waals surface area contributed by atoms with Crippen molar-refractivity contribution in [2.24, 2.45) is 17.6 Å². The zero-order valence-corrected chi connectivity index (χ0v) is 14.5. The summed E-state index contributed by atoms with van der Waals surface area (Å²) < 4.78 is 0. The fourth-order valence-corrected chi connectivity index (χ4v) is 4.63. The molecule has 0 atom stereocenters. The number of nitrogens with two attached hydrogens (primary N) is 1. The number of thiazole rings is 1. The van der Waals surface area contributed by atoms with Gasteiger partial charge in [-0.1, -0.05) is 34.6 Å². The normalized spacial score (nSPS) is 24.4. The first-order chi connectivity index (χ1) is 9.32. The van der Waals surface area contributed by atoms with Crippen molar-refractivity contribution < 1.29 is 0 Å². The molecule has 1 fully saturated rings. The van der Waals surface area contributed by atoms with Gasteiger partial charge >= 0.3 is 0 Å². The molecule has 0 amide bonds.